The first-order chi connectivity index (χ1) is 28.0. The van der Waals surface area contributed by atoms with Crippen molar-refractivity contribution in [2.24, 2.45) is 5.41 Å². The van der Waals surface area contributed by atoms with E-state index in [1.807, 2.05) is 24.3 Å². The van der Waals surface area contributed by atoms with Gasteiger partial charge in [-0.05, 0) is 96.3 Å². The number of likely N-dealkylation sites (tertiary alicyclic amines) is 1. The van der Waals surface area contributed by atoms with Crippen LogP contribution in [0, 0.1) is 35.0 Å². The van der Waals surface area contributed by atoms with E-state index in [-0.39, 0.29) is 42.9 Å². The lowest BCUT2D eigenvalue weighted by Crippen LogP contribution is -2.65. The van der Waals surface area contributed by atoms with Crippen LogP contribution in [0.25, 0.3) is 11.1 Å². The summed E-state index contributed by atoms with van der Waals surface area (Å²) >= 11 is 6.93. The van der Waals surface area contributed by atoms with E-state index in [4.69, 9.17) is 25.8 Å². The molecule has 0 bridgehead atoms. The van der Waals surface area contributed by atoms with Crippen LogP contribution in [-0.2, 0) is 24.4 Å². The van der Waals surface area contributed by atoms with Crippen molar-refractivity contribution in [2.45, 2.75) is 83.1 Å². The zero-order valence-corrected chi connectivity index (χ0v) is 33.3. The highest BCUT2D eigenvalue weighted by Gasteiger charge is 2.61. The van der Waals surface area contributed by atoms with Crippen LogP contribution >= 0.6 is 11.6 Å². The number of nitrogens with one attached hydrogen (secondary N) is 2. The monoisotopic (exact) mass is 805 g/mol. The van der Waals surface area contributed by atoms with Gasteiger partial charge in [0.05, 0.1) is 34.9 Å². The third-order valence-corrected chi connectivity index (χ3v) is 12.2. The number of nitriles is 2. The average molecular weight is 806 g/mol. The molecule has 0 radical (unpaired) electrons. The summed E-state index contributed by atoms with van der Waals surface area (Å²) in [5.41, 5.74) is 7.72. The highest BCUT2D eigenvalue weighted by atomic mass is 35.5. The van der Waals surface area contributed by atoms with Crippen LogP contribution in [0.2, 0.25) is 5.02 Å². The van der Waals surface area contributed by atoms with Gasteiger partial charge < -0.3 is 29.7 Å². The SMILES string of the molecule is Cc1c(OCCCN2CC3(C2)CC(F)(F)C3)cccc1-c1cccc2c1CC[C@@H]2Oc1cc(OCc2cc(C#N)cc(C#N)c2)c(CNC[C@H]2CCC(=O)N2)cc1Cl. The molecule has 2 aliphatic carbocycles. The predicted octanol–water partition coefficient (Wildman–Crippen LogP) is 8.57. The highest BCUT2D eigenvalue weighted by Crippen LogP contribution is 2.56. The number of benzene rings is 4. The molecule has 0 unspecified atom stereocenters. The third-order valence-electron chi connectivity index (χ3n) is 11.9. The zero-order chi connectivity index (χ0) is 40.4. The Morgan fingerprint density at radius 3 is 2.41 bits per heavy atom. The molecular formula is C46H46ClF2N5O4. The molecule has 2 N–H and O–H groups in total. The van der Waals surface area contributed by atoms with Crippen molar-refractivity contribution >= 4 is 17.5 Å². The first-order valence-corrected chi connectivity index (χ1v) is 20.4. The molecule has 58 heavy (non-hydrogen) atoms. The molecule has 0 aromatic heterocycles. The van der Waals surface area contributed by atoms with E-state index < -0.39 is 5.92 Å². The largest absolute Gasteiger partial charge is 0.493 e. The molecule has 1 amide bonds. The molecular weight excluding hydrogens is 760 g/mol. The minimum atomic E-state index is -2.47. The van der Waals surface area contributed by atoms with Gasteiger partial charge in [0.2, 0.25) is 11.8 Å². The highest BCUT2D eigenvalue weighted by molar-refractivity contribution is 6.32. The number of carbonyl (C=O) groups excluding carboxylic acids is 1. The summed E-state index contributed by atoms with van der Waals surface area (Å²) in [5, 5.41) is 25.8. The van der Waals surface area contributed by atoms with Gasteiger partial charge in [0.1, 0.15) is 30.0 Å². The zero-order valence-electron chi connectivity index (χ0n) is 32.5. The minimum absolute atomic E-state index is 0.0300. The maximum atomic E-state index is 13.4. The Kier molecular flexibility index (Phi) is 11.3. The van der Waals surface area contributed by atoms with Gasteiger partial charge in [0.25, 0.3) is 0 Å². The van der Waals surface area contributed by atoms with Crippen LogP contribution in [0.15, 0.2) is 66.7 Å². The maximum absolute atomic E-state index is 13.4. The van der Waals surface area contributed by atoms with Crippen molar-refractivity contribution < 1.29 is 27.8 Å². The quantitative estimate of drug-likeness (QED) is 0.115. The second kappa shape index (κ2) is 16.6. The van der Waals surface area contributed by atoms with E-state index in [0.29, 0.717) is 59.3 Å². The lowest BCUT2D eigenvalue weighted by Gasteiger charge is -2.58. The number of hydrogen-bond donors (Lipinski definition) is 2. The number of alkyl halides is 2. The fourth-order valence-corrected chi connectivity index (χ4v) is 9.45. The fraction of sp³-hybridized carbons (Fsp3) is 0.413. The van der Waals surface area contributed by atoms with Crippen molar-refractivity contribution in [3.05, 3.63) is 111 Å². The number of halogens is 3. The van der Waals surface area contributed by atoms with Gasteiger partial charge >= 0.3 is 0 Å². The number of nitrogens with zero attached hydrogens (tertiary/aromatic N) is 3. The van der Waals surface area contributed by atoms with Crippen molar-refractivity contribution in [2.75, 3.05) is 32.8 Å². The van der Waals surface area contributed by atoms with Gasteiger partial charge in [-0.3, -0.25) is 4.79 Å². The number of hydrogen-bond acceptors (Lipinski definition) is 8. The van der Waals surface area contributed by atoms with Crippen molar-refractivity contribution in [3.8, 4) is 40.5 Å². The topological polar surface area (TPSA) is 120 Å². The molecule has 2 heterocycles. The van der Waals surface area contributed by atoms with Gasteiger partial charge in [0, 0.05) is 75.1 Å². The Morgan fingerprint density at radius 2 is 1.69 bits per heavy atom. The molecule has 300 valence electrons. The molecule has 1 spiro atoms. The number of rotatable bonds is 15. The Hall–Kier alpha value is -5.20. The van der Waals surface area contributed by atoms with E-state index in [1.165, 1.54) is 5.56 Å². The summed E-state index contributed by atoms with van der Waals surface area (Å²) in [6.45, 7) is 6.16. The molecule has 9 nitrogen and oxygen atoms in total. The molecule has 2 aliphatic heterocycles. The molecule has 12 heteroatoms. The van der Waals surface area contributed by atoms with Crippen LogP contribution in [-0.4, -0.2) is 55.6 Å². The Balaban J connectivity index is 0.952. The predicted molar refractivity (Wildman–Crippen MR) is 216 cm³/mol. The van der Waals surface area contributed by atoms with Crippen LogP contribution in [0.3, 0.4) is 0 Å². The van der Waals surface area contributed by atoms with Crippen LogP contribution < -0.4 is 24.8 Å². The lowest BCUT2D eigenvalue weighted by atomic mass is 9.61. The minimum Gasteiger partial charge on any atom is -0.493 e. The molecule has 4 aromatic rings. The summed E-state index contributed by atoms with van der Waals surface area (Å²) in [6.07, 6.45) is 3.53. The van der Waals surface area contributed by atoms with Crippen molar-refractivity contribution in [1.29, 1.82) is 10.5 Å². The lowest BCUT2D eigenvalue weighted by molar-refractivity contribution is -0.213. The smallest absolute Gasteiger partial charge is 0.249 e. The Morgan fingerprint density at radius 1 is 0.931 bits per heavy atom. The number of carbonyl (C=O) groups is 1. The molecule has 4 aliphatic rings. The second-order valence-corrected chi connectivity index (χ2v) is 16.7. The third kappa shape index (κ3) is 8.63. The van der Waals surface area contributed by atoms with Gasteiger partial charge in [-0.1, -0.05) is 41.9 Å². The molecule has 2 atom stereocenters. The summed E-state index contributed by atoms with van der Waals surface area (Å²) < 4.78 is 46.1. The first-order valence-electron chi connectivity index (χ1n) is 20.0. The average Bonchev–Trinajstić information content (AvgIpc) is 3.80. The van der Waals surface area contributed by atoms with E-state index in [9.17, 15) is 24.1 Å². The number of ether oxygens (including phenoxy) is 3. The fourth-order valence-electron chi connectivity index (χ4n) is 9.22. The number of fused-ring (bicyclic) bond motifs is 1. The van der Waals surface area contributed by atoms with Crippen LogP contribution in [0.1, 0.15) is 83.6 Å². The van der Waals surface area contributed by atoms with Crippen molar-refractivity contribution in [3.63, 3.8) is 0 Å². The normalized spacial score (nSPS) is 20.0. The van der Waals surface area contributed by atoms with Crippen LogP contribution in [0.4, 0.5) is 8.78 Å². The summed E-state index contributed by atoms with van der Waals surface area (Å²) in [6, 6.07) is 25.4. The standard InChI is InChI=1S/C46H46ClF2N5O4/c1-29-35(5-3-8-40(29)56-14-4-13-54-27-45(28-54)25-46(48,49)26-45)36-6-2-7-38-37(36)10-11-41(38)58-43-19-42(57-24-32-16-30(20-50)15-31(17-32)21-51)33(18-39(43)47)22-52-23-34-9-12-44(55)53-34/h2-3,5-8,15-19,34,41,52H,4,9-14,22-28H2,1H3,(H,53,55)/t34-,41+/m1/s1. The van der Waals surface area contributed by atoms with Gasteiger partial charge in [0.15, 0.2) is 0 Å². The van der Waals surface area contributed by atoms with E-state index >= 15 is 0 Å². The summed E-state index contributed by atoms with van der Waals surface area (Å²) in [4.78, 5) is 14.0. The van der Waals surface area contributed by atoms with Gasteiger partial charge in [-0.15, -0.1) is 0 Å². The molecule has 3 fully saturated rings. The van der Waals surface area contributed by atoms with E-state index in [1.54, 1.807) is 18.2 Å². The molecule has 1 saturated carbocycles. The summed E-state index contributed by atoms with van der Waals surface area (Å²) in [7, 11) is 0. The summed E-state index contributed by atoms with van der Waals surface area (Å²) in [5.74, 6) is -0.533. The molecule has 2 saturated heterocycles. The molecule has 4 aromatic carbocycles. The van der Waals surface area contributed by atoms with Gasteiger partial charge in [-0.2, -0.15) is 10.5 Å². The Labute approximate surface area is 342 Å². The first kappa shape index (κ1) is 39.6. The van der Waals surface area contributed by atoms with Crippen LogP contribution in [0.5, 0.6) is 17.2 Å². The van der Waals surface area contributed by atoms with Gasteiger partial charge in [-0.25, -0.2) is 8.78 Å². The second-order valence-electron chi connectivity index (χ2n) is 16.3. The molecule has 8 rings (SSSR count). The van der Waals surface area contributed by atoms with E-state index in [0.717, 1.165) is 78.9 Å². The van der Waals surface area contributed by atoms with Crippen molar-refractivity contribution in [1.82, 2.24) is 15.5 Å². The van der Waals surface area contributed by atoms with E-state index in [2.05, 4.69) is 58.9 Å². The number of amides is 1. The Bertz CT molecular complexity index is 2260. The maximum Gasteiger partial charge on any atom is 0.249 e.